The lowest BCUT2D eigenvalue weighted by Crippen LogP contribution is -2.27. The maximum absolute atomic E-state index is 9.07. The van der Waals surface area contributed by atoms with Crippen molar-refractivity contribution in [3.63, 3.8) is 0 Å². The highest BCUT2D eigenvalue weighted by molar-refractivity contribution is 6.29. The number of aliphatic hydroxyl groups is 1. The van der Waals surface area contributed by atoms with Crippen LogP contribution in [0.5, 0.6) is 0 Å². The smallest absolute Gasteiger partial charge is 0.0462 e. The maximum atomic E-state index is 9.07. The SMILES string of the molecule is C=C(Cl)CNCC1CCCC1CO. The van der Waals surface area contributed by atoms with Gasteiger partial charge in [0.15, 0.2) is 0 Å². The average molecular weight is 204 g/mol. The molecule has 0 spiro atoms. The molecule has 1 aliphatic rings. The molecule has 2 unspecified atom stereocenters. The zero-order chi connectivity index (χ0) is 9.68. The summed E-state index contributed by atoms with van der Waals surface area (Å²) in [5.41, 5.74) is 0. The summed E-state index contributed by atoms with van der Waals surface area (Å²) in [6.45, 7) is 5.57. The highest BCUT2D eigenvalue weighted by atomic mass is 35.5. The Hall–Kier alpha value is -0.0500. The van der Waals surface area contributed by atoms with Gasteiger partial charge in [0.25, 0.3) is 0 Å². The van der Waals surface area contributed by atoms with E-state index < -0.39 is 0 Å². The first kappa shape index (κ1) is 11.0. The van der Waals surface area contributed by atoms with Gasteiger partial charge in [0.2, 0.25) is 0 Å². The van der Waals surface area contributed by atoms with Crippen molar-refractivity contribution in [3.8, 4) is 0 Å². The molecule has 0 aromatic heterocycles. The van der Waals surface area contributed by atoms with Gasteiger partial charge in [-0.05, 0) is 31.2 Å². The predicted molar refractivity (Wildman–Crippen MR) is 55.8 cm³/mol. The van der Waals surface area contributed by atoms with Gasteiger partial charge in [-0.1, -0.05) is 24.6 Å². The van der Waals surface area contributed by atoms with Gasteiger partial charge in [-0.15, -0.1) is 0 Å². The fourth-order valence-electron chi connectivity index (χ4n) is 2.02. The summed E-state index contributed by atoms with van der Waals surface area (Å²) in [5, 5.41) is 13.0. The summed E-state index contributed by atoms with van der Waals surface area (Å²) in [7, 11) is 0. The monoisotopic (exact) mass is 203 g/mol. The quantitative estimate of drug-likeness (QED) is 0.714. The molecule has 0 saturated heterocycles. The molecule has 0 radical (unpaired) electrons. The molecule has 0 heterocycles. The third-order valence-electron chi connectivity index (χ3n) is 2.77. The second kappa shape index (κ2) is 5.63. The molecular weight excluding hydrogens is 186 g/mol. The molecule has 1 fully saturated rings. The summed E-state index contributed by atoms with van der Waals surface area (Å²) in [4.78, 5) is 0. The van der Waals surface area contributed by atoms with Crippen LogP contribution in [0.1, 0.15) is 19.3 Å². The van der Waals surface area contributed by atoms with E-state index in [2.05, 4.69) is 11.9 Å². The lowest BCUT2D eigenvalue weighted by atomic mass is 9.97. The van der Waals surface area contributed by atoms with E-state index in [4.69, 9.17) is 16.7 Å². The number of hydrogen-bond donors (Lipinski definition) is 2. The second-order valence-electron chi connectivity index (χ2n) is 3.78. The van der Waals surface area contributed by atoms with Gasteiger partial charge < -0.3 is 10.4 Å². The van der Waals surface area contributed by atoms with E-state index in [1.54, 1.807) is 0 Å². The Bertz CT molecular complexity index is 172. The van der Waals surface area contributed by atoms with Crippen molar-refractivity contribution >= 4 is 11.6 Å². The van der Waals surface area contributed by atoms with Crippen LogP contribution in [0.25, 0.3) is 0 Å². The molecule has 0 aromatic carbocycles. The second-order valence-corrected chi connectivity index (χ2v) is 4.32. The minimum atomic E-state index is 0.328. The lowest BCUT2D eigenvalue weighted by Gasteiger charge is -2.17. The van der Waals surface area contributed by atoms with Crippen molar-refractivity contribution < 1.29 is 5.11 Å². The molecule has 2 N–H and O–H groups in total. The molecule has 13 heavy (non-hydrogen) atoms. The van der Waals surface area contributed by atoms with Gasteiger partial charge in [0.1, 0.15) is 0 Å². The van der Waals surface area contributed by atoms with Gasteiger partial charge in [-0.3, -0.25) is 0 Å². The Labute approximate surface area is 85.0 Å². The van der Waals surface area contributed by atoms with E-state index in [0.717, 1.165) is 6.54 Å². The van der Waals surface area contributed by atoms with Gasteiger partial charge in [0.05, 0.1) is 0 Å². The zero-order valence-electron chi connectivity index (χ0n) is 7.93. The first-order chi connectivity index (χ1) is 6.24. The lowest BCUT2D eigenvalue weighted by molar-refractivity contribution is 0.193. The van der Waals surface area contributed by atoms with E-state index in [0.29, 0.717) is 30.0 Å². The molecule has 3 heteroatoms. The van der Waals surface area contributed by atoms with Gasteiger partial charge in [0, 0.05) is 18.2 Å². The molecule has 1 aliphatic carbocycles. The van der Waals surface area contributed by atoms with Crippen LogP contribution in [-0.2, 0) is 0 Å². The number of halogens is 1. The third-order valence-corrected chi connectivity index (χ3v) is 2.91. The normalized spacial score (nSPS) is 27.8. The summed E-state index contributed by atoms with van der Waals surface area (Å²) >= 11 is 5.63. The summed E-state index contributed by atoms with van der Waals surface area (Å²) in [6.07, 6.45) is 3.65. The molecule has 0 bridgehead atoms. The van der Waals surface area contributed by atoms with E-state index >= 15 is 0 Å². The van der Waals surface area contributed by atoms with Crippen molar-refractivity contribution in [3.05, 3.63) is 11.6 Å². The number of aliphatic hydroxyl groups excluding tert-OH is 1. The Balaban J connectivity index is 2.16. The van der Waals surface area contributed by atoms with Crippen LogP contribution >= 0.6 is 11.6 Å². The summed E-state index contributed by atoms with van der Waals surface area (Å²) < 4.78 is 0. The van der Waals surface area contributed by atoms with Crippen LogP contribution in [0.4, 0.5) is 0 Å². The molecule has 2 atom stereocenters. The molecule has 2 nitrogen and oxygen atoms in total. The van der Waals surface area contributed by atoms with Crippen molar-refractivity contribution in [2.45, 2.75) is 19.3 Å². The molecule has 76 valence electrons. The van der Waals surface area contributed by atoms with Crippen LogP contribution < -0.4 is 5.32 Å². The molecule has 0 amide bonds. The maximum Gasteiger partial charge on any atom is 0.0462 e. The minimum Gasteiger partial charge on any atom is -0.396 e. The highest BCUT2D eigenvalue weighted by Crippen LogP contribution is 2.30. The van der Waals surface area contributed by atoms with E-state index in [9.17, 15) is 0 Å². The first-order valence-electron chi connectivity index (χ1n) is 4.89. The van der Waals surface area contributed by atoms with Crippen LogP contribution in [0.2, 0.25) is 0 Å². The van der Waals surface area contributed by atoms with E-state index in [-0.39, 0.29) is 0 Å². The number of nitrogens with one attached hydrogen (secondary N) is 1. The Morgan fingerprint density at radius 1 is 1.46 bits per heavy atom. The van der Waals surface area contributed by atoms with Crippen molar-refractivity contribution in [2.75, 3.05) is 19.7 Å². The largest absolute Gasteiger partial charge is 0.396 e. The third kappa shape index (κ3) is 3.67. The Morgan fingerprint density at radius 2 is 2.15 bits per heavy atom. The van der Waals surface area contributed by atoms with Crippen molar-refractivity contribution in [2.24, 2.45) is 11.8 Å². The standard InChI is InChI=1S/C10H18ClNO/c1-8(11)5-12-6-9-3-2-4-10(9)7-13/h9-10,12-13H,1-7H2. The average Bonchev–Trinajstić information content (AvgIpc) is 2.51. The Morgan fingerprint density at radius 3 is 2.77 bits per heavy atom. The predicted octanol–water partition coefficient (Wildman–Crippen LogP) is 1.74. The van der Waals surface area contributed by atoms with Crippen LogP contribution in [0.15, 0.2) is 11.6 Å². The highest BCUT2D eigenvalue weighted by Gasteiger charge is 2.25. The summed E-state index contributed by atoms with van der Waals surface area (Å²) in [5.74, 6) is 1.12. The zero-order valence-corrected chi connectivity index (χ0v) is 8.69. The Kier molecular flexibility index (Phi) is 4.78. The molecular formula is C10H18ClNO. The molecule has 1 saturated carbocycles. The summed E-state index contributed by atoms with van der Waals surface area (Å²) in [6, 6.07) is 0. The van der Waals surface area contributed by atoms with Crippen molar-refractivity contribution in [1.82, 2.24) is 5.32 Å². The number of rotatable bonds is 5. The van der Waals surface area contributed by atoms with Crippen LogP contribution in [-0.4, -0.2) is 24.8 Å². The van der Waals surface area contributed by atoms with Gasteiger partial charge in [-0.2, -0.15) is 0 Å². The molecule has 0 aromatic rings. The molecule has 1 rings (SSSR count). The number of hydrogen-bond acceptors (Lipinski definition) is 2. The topological polar surface area (TPSA) is 32.3 Å². The van der Waals surface area contributed by atoms with Crippen LogP contribution in [0, 0.1) is 11.8 Å². The van der Waals surface area contributed by atoms with Crippen LogP contribution in [0.3, 0.4) is 0 Å². The van der Waals surface area contributed by atoms with Gasteiger partial charge in [-0.25, -0.2) is 0 Å². The minimum absolute atomic E-state index is 0.328. The fraction of sp³-hybridized carbons (Fsp3) is 0.800. The first-order valence-corrected chi connectivity index (χ1v) is 5.26. The van der Waals surface area contributed by atoms with E-state index in [1.807, 2.05) is 0 Å². The fourth-order valence-corrected chi connectivity index (χ4v) is 2.11. The molecule has 0 aliphatic heterocycles. The van der Waals surface area contributed by atoms with E-state index in [1.165, 1.54) is 19.3 Å². The van der Waals surface area contributed by atoms with Crippen molar-refractivity contribution in [1.29, 1.82) is 0 Å². The van der Waals surface area contributed by atoms with Gasteiger partial charge >= 0.3 is 0 Å².